The fourth-order valence-electron chi connectivity index (χ4n) is 4.10. The SMILES string of the molecule is C/C=C(C)\C(=C(\C#N)C=CCC)c1ccc(-c2ccc(NCCN3CCOCC3)cc2)n1C. The van der Waals surface area contributed by atoms with Crippen molar-refractivity contribution in [1.29, 1.82) is 5.26 Å². The summed E-state index contributed by atoms with van der Waals surface area (Å²) in [6.07, 6.45) is 6.94. The number of hydrogen-bond donors (Lipinski definition) is 1. The number of rotatable bonds is 9. The quantitative estimate of drug-likeness (QED) is 0.401. The Bertz CT molecular complexity index is 1040. The fraction of sp³-hybridized carbons (Fsp3) is 0.393. The Morgan fingerprint density at radius 2 is 1.88 bits per heavy atom. The zero-order valence-corrected chi connectivity index (χ0v) is 20.4. The van der Waals surface area contributed by atoms with Gasteiger partial charge in [-0.1, -0.05) is 31.2 Å². The Morgan fingerprint density at radius 3 is 2.52 bits per heavy atom. The van der Waals surface area contributed by atoms with E-state index < -0.39 is 0 Å². The van der Waals surface area contributed by atoms with Gasteiger partial charge < -0.3 is 14.6 Å². The molecule has 0 unspecified atom stereocenters. The second-order valence-corrected chi connectivity index (χ2v) is 8.30. The van der Waals surface area contributed by atoms with Crippen molar-refractivity contribution in [2.24, 2.45) is 7.05 Å². The first kappa shape index (κ1) is 24.6. The first-order chi connectivity index (χ1) is 16.1. The average Bonchev–Trinajstić information content (AvgIpc) is 3.23. The van der Waals surface area contributed by atoms with E-state index in [9.17, 15) is 5.26 Å². The average molecular weight is 445 g/mol. The second-order valence-electron chi connectivity index (χ2n) is 8.30. The van der Waals surface area contributed by atoms with Crippen molar-refractivity contribution in [3.05, 3.63) is 71.5 Å². The van der Waals surface area contributed by atoms with E-state index >= 15 is 0 Å². The molecule has 1 saturated heterocycles. The van der Waals surface area contributed by atoms with Gasteiger partial charge >= 0.3 is 0 Å². The summed E-state index contributed by atoms with van der Waals surface area (Å²) >= 11 is 0. The number of allylic oxidation sites excluding steroid dienone is 6. The number of benzene rings is 1. The minimum absolute atomic E-state index is 0.694. The smallest absolute Gasteiger partial charge is 0.0998 e. The minimum Gasteiger partial charge on any atom is -0.384 e. The van der Waals surface area contributed by atoms with Gasteiger partial charge in [0.25, 0.3) is 0 Å². The van der Waals surface area contributed by atoms with Crippen molar-refractivity contribution in [3.63, 3.8) is 0 Å². The molecule has 0 atom stereocenters. The Morgan fingerprint density at radius 1 is 1.15 bits per heavy atom. The van der Waals surface area contributed by atoms with Crippen molar-refractivity contribution in [3.8, 4) is 17.3 Å². The molecule has 1 aliphatic heterocycles. The van der Waals surface area contributed by atoms with E-state index in [0.717, 1.165) is 79.6 Å². The lowest BCUT2D eigenvalue weighted by Crippen LogP contribution is -2.38. The maximum atomic E-state index is 9.82. The third-order valence-electron chi connectivity index (χ3n) is 6.16. The predicted molar refractivity (Wildman–Crippen MR) is 138 cm³/mol. The van der Waals surface area contributed by atoms with Crippen LogP contribution in [0.3, 0.4) is 0 Å². The molecule has 0 spiro atoms. The van der Waals surface area contributed by atoms with Crippen LogP contribution in [-0.2, 0) is 11.8 Å². The van der Waals surface area contributed by atoms with Crippen LogP contribution < -0.4 is 5.32 Å². The molecule has 0 aliphatic carbocycles. The maximum absolute atomic E-state index is 9.82. The first-order valence-electron chi connectivity index (χ1n) is 11.8. The van der Waals surface area contributed by atoms with E-state index in [1.165, 1.54) is 0 Å². The number of morpholine rings is 1. The van der Waals surface area contributed by atoms with Gasteiger partial charge in [0.2, 0.25) is 0 Å². The van der Waals surface area contributed by atoms with Gasteiger partial charge in [-0.2, -0.15) is 5.26 Å². The molecule has 0 saturated carbocycles. The van der Waals surface area contributed by atoms with Gasteiger partial charge in [-0.3, -0.25) is 4.90 Å². The number of nitrogens with zero attached hydrogens (tertiary/aromatic N) is 3. The summed E-state index contributed by atoms with van der Waals surface area (Å²) in [5.74, 6) is 0. The summed E-state index contributed by atoms with van der Waals surface area (Å²) in [7, 11) is 2.07. The topological polar surface area (TPSA) is 53.2 Å². The summed E-state index contributed by atoms with van der Waals surface area (Å²) in [6.45, 7) is 11.8. The molecular weight excluding hydrogens is 408 g/mol. The van der Waals surface area contributed by atoms with Crippen LogP contribution in [0.1, 0.15) is 32.9 Å². The van der Waals surface area contributed by atoms with Crippen LogP contribution in [0.2, 0.25) is 0 Å². The molecule has 1 aromatic heterocycles. The normalized spacial score (nSPS) is 16.0. The van der Waals surface area contributed by atoms with E-state index in [-0.39, 0.29) is 0 Å². The first-order valence-corrected chi connectivity index (χ1v) is 11.8. The largest absolute Gasteiger partial charge is 0.384 e. The van der Waals surface area contributed by atoms with E-state index in [1.54, 1.807) is 0 Å². The van der Waals surface area contributed by atoms with Crippen LogP contribution in [0.25, 0.3) is 16.8 Å². The lowest BCUT2D eigenvalue weighted by atomic mass is 9.97. The van der Waals surface area contributed by atoms with Gasteiger partial charge in [0.05, 0.1) is 24.9 Å². The van der Waals surface area contributed by atoms with Crippen molar-refractivity contribution < 1.29 is 4.74 Å². The third-order valence-corrected chi connectivity index (χ3v) is 6.16. The van der Waals surface area contributed by atoms with Crippen LogP contribution in [0.5, 0.6) is 0 Å². The van der Waals surface area contributed by atoms with Gasteiger partial charge in [-0.25, -0.2) is 0 Å². The number of ether oxygens (including phenoxy) is 1. The highest BCUT2D eigenvalue weighted by Gasteiger charge is 2.16. The van der Waals surface area contributed by atoms with Crippen molar-refractivity contribution in [2.45, 2.75) is 27.2 Å². The number of nitrogens with one attached hydrogen (secondary N) is 1. The molecule has 33 heavy (non-hydrogen) atoms. The molecule has 5 heteroatoms. The lowest BCUT2D eigenvalue weighted by Gasteiger charge is -2.26. The Hall–Kier alpha value is -3.07. The standard InChI is InChI=1S/C28H36N4O/c1-5-7-8-24(21-29)28(22(3)6-2)27-14-13-26(31(27)4)23-9-11-25(12-10-23)30-15-16-32-17-19-33-20-18-32/h6-14,30H,5,15-20H2,1-4H3/b8-7?,22-6-,28-24-. The van der Waals surface area contributed by atoms with Crippen molar-refractivity contribution in [1.82, 2.24) is 9.47 Å². The number of anilines is 1. The molecule has 0 bridgehead atoms. The molecule has 1 N–H and O–H groups in total. The molecule has 3 rings (SSSR count). The Balaban J connectivity index is 1.78. The fourth-order valence-corrected chi connectivity index (χ4v) is 4.10. The van der Waals surface area contributed by atoms with Gasteiger partial charge in [0.15, 0.2) is 0 Å². The number of hydrogen-bond acceptors (Lipinski definition) is 4. The van der Waals surface area contributed by atoms with E-state index in [2.05, 4.69) is 84.2 Å². The third kappa shape index (κ3) is 6.25. The van der Waals surface area contributed by atoms with Crippen molar-refractivity contribution in [2.75, 3.05) is 44.7 Å². The second kappa shape index (κ2) is 12.2. The molecule has 2 heterocycles. The monoisotopic (exact) mass is 444 g/mol. The van der Waals surface area contributed by atoms with Crippen molar-refractivity contribution >= 4 is 11.3 Å². The zero-order chi connectivity index (χ0) is 23.6. The maximum Gasteiger partial charge on any atom is 0.0998 e. The highest BCUT2D eigenvalue weighted by atomic mass is 16.5. The molecule has 5 nitrogen and oxygen atoms in total. The molecule has 1 aliphatic rings. The molecule has 1 fully saturated rings. The van der Waals surface area contributed by atoms with Crippen LogP contribution in [0.15, 0.2) is 65.8 Å². The summed E-state index contributed by atoms with van der Waals surface area (Å²) in [6, 6.07) is 15.2. The minimum atomic E-state index is 0.694. The number of nitriles is 1. The van der Waals surface area contributed by atoms with E-state index in [0.29, 0.717) is 5.57 Å². The molecular formula is C28H36N4O. The van der Waals surface area contributed by atoms with E-state index in [4.69, 9.17) is 4.74 Å². The summed E-state index contributed by atoms with van der Waals surface area (Å²) in [5, 5.41) is 13.3. The van der Waals surface area contributed by atoms with Crippen LogP contribution in [-0.4, -0.2) is 48.9 Å². The summed E-state index contributed by atoms with van der Waals surface area (Å²) in [5.41, 5.74) is 7.24. The van der Waals surface area contributed by atoms with Crippen LogP contribution >= 0.6 is 0 Å². The molecule has 0 amide bonds. The predicted octanol–water partition coefficient (Wildman–Crippen LogP) is 5.65. The van der Waals surface area contributed by atoms with Gasteiger partial charge in [-0.15, -0.1) is 0 Å². The zero-order valence-electron chi connectivity index (χ0n) is 20.4. The van der Waals surface area contributed by atoms with Gasteiger partial charge in [-0.05, 0) is 61.7 Å². The Kier molecular flexibility index (Phi) is 9.12. The highest BCUT2D eigenvalue weighted by Crippen LogP contribution is 2.32. The Labute approximate surface area is 198 Å². The number of aromatic nitrogens is 1. The van der Waals surface area contributed by atoms with Crippen LogP contribution in [0, 0.1) is 11.3 Å². The van der Waals surface area contributed by atoms with Gasteiger partial charge in [0, 0.05) is 55.9 Å². The lowest BCUT2D eigenvalue weighted by molar-refractivity contribution is 0.0398. The molecule has 1 aromatic carbocycles. The van der Waals surface area contributed by atoms with Crippen LogP contribution in [0.4, 0.5) is 5.69 Å². The van der Waals surface area contributed by atoms with Gasteiger partial charge in [0.1, 0.15) is 0 Å². The molecule has 174 valence electrons. The summed E-state index contributed by atoms with van der Waals surface area (Å²) < 4.78 is 7.59. The molecule has 2 aromatic rings. The highest BCUT2D eigenvalue weighted by molar-refractivity contribution is 5.85. The summed E-state index contributed by atoms with van der Waals surface area (Å²) in [4.78, 5) is 2.43. The van der Waals surface area contributed by atoms with E-state index in [1.807, 2.05) is 19.1 Å². The molecule has 0 radical (unpaired) electrons.